The van der Waals surface area contributed by atoms with Crippen LogP contribution in [0.15, 0.2) is 48.5 Å². The van der Waals surface area contributed by atoms with Crippen molar-refractivity contribution in [1.82, 2.24) is 9.55 Å². The summed E-state index contributed by atoms with van der Waals surface area (Å²) in [4.78, 5) is 32.3. The van der Waals surface area contributed by atoms with Crippen LogP contribution in [0.4, 0.5) is 11.6 Å². The van der Waals surface area contributed by atoms with Crippen molar-refractivity contribution in [1.29, 1.82) is 0 Å². The second kappa shape index (κ2) is 6.37. The molecule has 0 spiro atoms. The highest BCUT2D eigenvalue weighted by molar-refractivity contribution is 6.05. The Morgan fingerprint density at radius 3 is 2.82 bits per heavy atom. The first-order valence-corrected chi connectivity index (χ1v) is 9.39. The van der Waals surface area contributed by atoms with Gasteiger partial charge < -0.3 is 10.1 Å². The molecule has 0 bridgehead atoms. The quantitative estimate of drug-likeness (QED) is 0.742. The SMILES string of the molecule is COc1cccc(NC(=O)CC2C(=O)N(C3CC3)c3nc4ccccc4n32)c1. The van der Waals surface area contributed by atoms with Crippen molar-refractivity contribution in [2.24, 2.45) is 0 Å². The highest BCUT2D eigenvalue weighted by atomic mass is 16.5. The van der Waals surface area contributed by atoms with Gasteiger partial charge in [-0.3, -0.25) is 19.1 Å². The predicted molar refractivity (Wildman–Crippen MR) is 106 cm³/mol. The van der Waals surface area contributed by atoms with Crippen molar-refractivity contribution >= 4 is 34.5 Å². The fourth-order valence-electron chi connectivity index (χ4n) is 3.82. The summed E-state index contributed by atoms with van der Waals surface area (Å²) in [5.41, 5.74) is 2.37. The minimum Gasteiger partial charge on any atom is -0.497 e. The number of amides is 2. The van der Waals surface area contributed by atoms with Crippen LogP contribution in [0.3, 0.4) is 0 Å². The van der Waals surface area contributed by atoms with Gasteiger partial charge in [0.05, 0.1) is 24.6 Å². The van der Waals surface area contributed by atoms with E-state index < -0.39 is 6.04 Å². The zero-order valence-corrected chi connectivity index (χ0v) is 15.5. The van der Waals surface area contributed by atoms with Gasteiger partial charge >= 0.3 is 0 Å². The van der Waals surface area contributed by atoms with E-state index in [2.05, 4.69) is 10.3 Å². The van der Waals surface area contributed by atoms with E-state index in [9.17, 15) is 9.59 Å². The van der Waals surface area contributed by atoms with E-state index >= 15 is 0 Å². The highest BCUT2D eigenvalue weighted by Crippen LogP contribution is 2.42. The zero-order valence-electron chi connectivity index (χ0n) is 15.5. The standard InChI is InChI=1S/C21H20N4O3/c1-28-15-6-4-5-13(11-15)22-19(26)12-18-20(27)24(14-9-10-14)21-23-16-7-2-3-8-17(16)25(18)21/h2-8,11,14,18H,9-10,12H2,1H3,(H,22,26). The molecule has 2 aliphatic rings. The highest BCUT2D eigenvalue weighted by Gasteiger charge is 2.47. The van der Waals surface area contributed by atoms with Crippen LogP contribution in [0.1, 0.15) is 25.3 Å². The maximum Gasteiger partial charge on any atom is 0.253 e. The van der Waals surface area contributed by atoms with Gasteiger partial charge in [-0.1, -0.05) is 18.2 Å². The summed E-state index contributed by atoms with van der Waals surface area (Å²) in [5.74, 6) is 1.06. The largest absolute Gasteiger partial charge is 0.497 e. The zero-order chi connectivity index (χ0) is 19.3. The Morgan fingerprint density at radius 1 is 1.21 bits per heavy atom. The Hall–Kier alpha value is -3.35. The van der Waals surface area contributed by atoms with E-state index in [-0.39, 0.29) is 24.3 Å². The first-order valence-electron chi connectivity index (χ1n) is 9.39. The Labute approximate surface area is 161 Å². The number of benzene rings is 2. The monoisotopic (exact) mass is 376 g/mol. The van der Waals surface area contributed by atoms with Crippen molar-refractivity contribution in [2.75, 3.05) is 17.3 Å². The summed E-state index contributed by atoms with van der Waals surface area (Å²) in [7, 11) is 1.58. The molecule has 1 aliphatic heterocycles. The summed E-state index contributed by atoms with van der Waals surface area (Å²) < 4.78 is 7.11. The van der Waals surface area contributed by atoms with Crippen LogP contribution in [-0.4, -0.2) is 34.5 Å². The summed E-state index contributed by atoms with van der Waals surface area (Å²) in [6.45, 7) is 0. The van der Waals surface area contributed by atoms with Crippen molar-refractivity contribution in [3.8, 4) is 5.75 Å². The molecule has 5 rings (SSSR count). The van der Waals surface area contributed by atoms with Gasteiger partial charge in [-0.2, -0.15) is 0 Å². The van der Waals surface area contributed by atoms with Crippen LogP contribution in [0.2, 0.25) is 0 Å². The van der Waals surface area contributed by atoms with Crippen molar-refractivity contribution < 1.29 is 14.3 Å². The number of ether oxygens (including phenoxy) is 1. The number of hydrogen-bond donors (Lipinski definition) is 1. The minimum atomic E-state index is -0.575. The molecule has 3 aromatic rings. The molecule has 142 valence electrons. The van der Waals surface area contributed by atoms with Crippen molar-refractivity contribution in [3.63, 3.8) is 0 Å². The number of carbonyl (C=O) groups is 2. The summed E-state index contributed by atoms with van der Waals surface area (Å²) in [5, 5.41) is 2.87. The summed E-state index contributed by atoms with van der Waals surface area (Å²) in [6, 6.07) is 14.5. The summed E-state index contributed by atoms with van der Waals surface area (Å²) >= 11 is 0. The van der Waals surface area contributed by atoms with E-state index in [0.29, 0.717) is 17.4 Å². The predicted octanol–water partition coefficient (Wildman–Crippen LogP) is 3.12. The van der Waals surface area contributed by atoms with Crippen molar-refractivity contribution in [2.45, 2.75) is 31.3 Å². The molecule has 1 saturated carbocycles. The number of methoxy groups -OCH3 is 1. The van der Waals surface area contributed by atoms with Gasteiger partial charge in [0.25, 0.3) is 5.91 Å². The van der Waals surface area contributed by atoms with Gasteiger partial charge in [0.2, 0.25) is 11.9 Å². The van der Waals surface area contributed by atoms with E-state index in [0.717, 1.165) is 23.9 Å². The van der Waals surface area contributed by atoms with Crippen LogP contribution in [0.25, 0.3) is 11.0 Å². The van der Waals surface area contributed by atoms with E-state index in [1.807, 2.05) is 41.0 Å². The lowest BCUT2D eigenvalue weighted by atomic mass is 10.1. The maximum atomic E-state index is 13.1. The van der Waals surface area contributed by atoms with Crippen LogP contribution in [0.5, 0.6) is 5.75 Å². The Morgan fingerprint density at radius 2 is 2.04 bits per heavy atom. The number of imidazole rings is 1. The molecule has 7 nitrogen and oxygen atoms in total. The first kappa shape index (κ1) is 16.8. The van der Waals surface area contributed by atoms with Gasteiger partial charge in [-0.15, -0.1) is 0 Å². The molecule has 2 aromatic carbocycles. The number of para-hydroxylation sites is 2. The molecule has 1 aliphatic carbocycles. The van der Waals surface area contributed by atoms with Gasteiger partial charge in [0.15, 0.2) is 0 Å². The lowest BCUT2D eigenvalue weighted by Gasteiger charge is -2.15. The number of nitrogens with zero attached hydrogens (tertiary/aromatic N) is 3. The average molecular weight is 376 g/mol. The fourth-order valence-corrected chi connectivity index (χ4v) is 3.82. The van der Waals surface area contributed by atoms with Crippen LogP contribution >= 0.6 is 0 Å². The minimum absolute atomic E-state index is 0.0449. The van der Waals surface area contributed by atoms with Gasteiger partial charge in [0, 0.05) is 17.8 Å². The summed E-state index contributed by atoms with van der Waals surface area (Å²) in [6.07, 6.45) is 2.03. The molecular formula is C21H20N4O3. The molecule has 2 amide bonds. The maximum absolute atomic E-state index is 13.1. The number of nitrogens with one attached hydrogen (secondary N) is 1. The number of hydrogen-bond acceptors (Lipinski definition) is 4. The van der Waals surface area contributed by atoms with Gasteiger partial charge in [-0.05, 0) is 37.1 Å². The molecule has 1 aromatic heterocycles. The third kappa shape index (κ3) is 2.70. The molecule has 1 N–H and O–H groups in total. The number of anilines is 2. The first-order chi connectivity index (χ1) is 13.7. The molecule has 2 heterocycles. The smallest absolute Gasteiger partial charge is 0.253 e. The molecule has 0 saturated heterocycles. The lowest BCUT2D eigenvalue weighted by molar-refractivity contribution is -0.124. The molecule has 1 unspecified atom stereocenters. The molecule has 1 atom stereocenters. The van der Waals surface area contributed by atoms with Gasteiger partial charge in [-0.25, -0.2) is 4.98 Å². The average Bonchev–Trinajstić information content (AvgIpc) is 3.41. The fraction of sp³-hybridized carbons (Fsp3) is 0.286. The van der Waals surface area contributed by atoms with E-state index in [1.54, 1.807) is 24.1 Å². The number of aromatic nitrogens is 2. The normalized spacial score (nSPS) is 18.4. The molecule has 28 heavy (non-hydrogen) atoms. The van der Waals surface area contributed by atoms with Gasteiger partial charge in [0.1, 0.15) is 11.8 Å². The van der Waals surface area contributed by atoms with Crippen molar-refractivity contribution in [3.05, 3.63) is 48.5 Å². The second-order valence-corrected chi connectivity index (χ2v) is 7.21. The Bertz CT molecular complexity index is 1090. The molecule has 1 fully saturated rings. The third-order valence-electron chi connectivity index (χ3n) is 5.27. The molecular weight excluding hydrogens is 356 g/mol. The Kier molecular flexibility index (Phi) is 3.82. The van der Waals surface area contributed by atoms with Crippen LogP contribution < -0.4 is 15.0 Å². The number of rotatable bonds is 5. The molecule has 0 radical (unpaired) electrons. The van der Waals surface area contributed by atoms with E-state index in [4.69, 9.17) is 4.74 Å². The van der Waals surface area contributed by atoms with Crippen LogP contribution in [0, 0.1) is 0 Å². The number of carbonyl (C=O) groups excluding carboxylic acids is 2. The molecule has 7 heteroatoms. The Balaban J connectivity index is 1.45. The topological polar surface area (TPSA) is 76.5 Å². The second-order valence-electron chi connectivity index (χ2n) is 7.21. The lowest BCUT2D eigenvalue weighted by Crippen LogP contribution is -2.33. The van der Waals surface area contributed by atoms with E-state index in [1.165, 1.54) is 0 Å². The van der Waals surface area contributed by atoms with Crippen LogP contribution in [-0.2, 0) is 9.59 Å². The third-order valence-corrected chi connectivity index (χ3v) is 5.27. The number of fused-ring (bicyclic) bond motifs is 3.